The summed E-state index contributed by atoms with van der Waals surface area (Å²) in [7, 11) is -3.58. The lowest BCUT2D eigenvalue weighted by molar-refractivity contribution is 0.388. The van der Waals surface area contributed by atoms with E-state index in [9.17, 15) is 0 Å². The highest BCUT2D eigenvalue weighted by atomic mass is 32.1. The van der Waals surface area contributed by atoms with Gasteiger partial charge in [0.1, 0.15) is 34.2 Å². The minimum atomic E-state index is -1.80. The Labute approximate surface area is 319 Å². The Morgan fingerprint density at radius 2 is 0.961 bits per heavy atom. The van der Waals surface area contributed by atoms with Crippen LogP contribution in [0.1, 0.15) is 25.0 Å². The highest BCUT2D eigenvalue weighted by Gasteiger charge is 2.26. The van der Waals surface area contributed by atoms with E-state index in [2.05, 4.69) is 88.6 Å². The topological polar surface area (TPSA) is 63.2 Å². The van der Waals surface area contributed by atoms with Crippen LogP contribution in [0.25, 0.3) is 33.1 Å². The van der Waals surface area contributed by atoms with Gasteiger partial charge in [0.25, 0.3) is 0 Å². The minimum Gasteiger partial charge on any atom is -0.409 e. The zero-order valence-electron chi connectivity index (χ0n) is 27.2. The Bertz CT molecular complexity index is 2350. The smallest absolute Gasteiger partial charge is 0.409 e. The van der Waals surface area contributed by atoms with Crippen LogP contribution in [0.3, 0.4) is 0 Å². The summed E-state index contributed by atoms with van der Waals surface area (Å²) in [5, 5.41) is 1.75. The van der Waals surface area contributed by atoms with Crippen molar-refractivity contribution in [2.24, 2.45) is 0 Å². The number of thiol groups is 4. The SMILES string of the molecule is CC(C)(c1ccc(OP2Oc3ccc(S)c(c3)-c3cc(ccc3S)O2)cc1)c1ccc(Op2oc3ccc(S)cc3c3cc(S)ccc3o2)cc1. The van der Waals surface area contributed by atoms with Gasteiger partial charge in [0.15, 0.2) is 0 Å². The van der Waals surface area contributed by atoms with Crippen molar-refractivity contribution in [2.75, 3.05) is 0 Å². The fourth-order valence-electron chi connectivity index (χ4n) is 5.84. The molecule has 256 valence electrons. The van der Waals surface area contributed by atoms with E-state index in [1.54, 1.807) is 0 Å². The summed E-state index contributed by atoms with van der Waals surface area (Å²) in [5.74, 6) is 2.52. The quantitative estimate of drug-likeness (QED) is 0.0995. The summed E-state index contributed by atoms with van der Waals surface area (Å²) in [6.07, 6.45) is 0. The van der Waals surface area contributed by atoms with E-state index in [0.29, 0.717) is 34.2 Å². The van der Waals surface area contributed by atoms with Gasteiger partial charge in [-0.15, -0.1) is 50.5 Å². The molecule has 8 rings (SSSR count). The predicted molar refractivity (Wildman–Crippen MR) is 217 cm³/mol. The number of fused-ring (bicyclic) bond motifs is 8. The first kappa shape index (κ1) is 34.3. The van der Waals surface area contributed by atoms with E-state index in [1.165, 1.54) is 0 Å². The van der Waals surface area contributed by atoms with Gasteiger partial charge in [0.2, 0.25) is 0 Å². The third kappa shape index (κ3) is 7.19. The molecule has 7 aromatic rings. The van der Waals surface area contributed by atoms with Gasteiger partial charge in [0.05, 0.1) is 0 Å². The Morgan fingerprint density at radius 3 is 1.43 bits per heavy atom. The highest BCUT2D eigenvalue weighted by molar-refractivity contribution is 7.81. The number of hydrogen-bond acceptors (Lipinski definition) is 10. The molecule has 0 fully saturated rings. The van der Waals surface area contributed by atoms with Gasteiger partial charge in [-0.1, -0.05) is 38.1 Å². The molecule has 1 aliphatic heterocycles. The van der Waals surface area contributed by atoms with Gasteiger partial charge in [0, 0.05) is 35.8 Å². The highest BCUT2D eigenvalue weighted by Crippen LogP contribution is 2.48. The third-order valence-electron chi connectivity index (χ3n) is 8.66. The van der Waals surface area contributed by atoms with Crippen molar-refractivity contribution in [3.63, 3.8) is 0 Å². The van der Waals surface area contributed by atoms with Crippen molar-refractivity contribution < 1.29 is 26.5 Å². The largest absolute Gasteiger partial charge is 0.530 e. The molecule has 0 spiro atoms. The Kier molecular flexibility index (Phi) is 9.43. The van der Waals surface area contributed by atoms with Gasteiger partial charge in [-0.05, 0) is 119 Å². The first-order valence-corrected chi connectivity index (χ1v) is 19.8. The maximum Gasteiger partial charge on any atom is 0.530 e. The second-order valence-electron chi connectivity index (χ2n) is 12.4. The van der Waals surface area contributed by atoms with Crippen LogP contribution in [-0.2, 0) is 5.41 Å². The summed E-state index contributed by atoms with van der Waals surface area (Å²) in [4.78, 5) is 3.29. The predicted octanol–water partition coefficient (Wildman–Crippen LogP) is 13.4. The number of rotatable bonds is 6. The average Bonchev–Trinajstić information content (AvgIpc) is 3.23. The molecule has 0 unspecified atom stereocenters. The average molecular weight is 785 g/mol. The molecule has 1 aliphatic rings. The monoisotopic (exact) mass is 784 g/mol. The summed E-state index contributed by atoms with van der Waals surface area (Å²) in [6, 6.07) is 38.8. The Morgan fingerprint density at radius 1 is 0.510 bits per heavy atom. The van der Waals surface area contributed by atoms with E-state index in [0.717, 1.165) is 52.6 Å². The van der Waals surface area contributed by atoms with Gasteiger partial charge < -0.3 is 26.5 Å². The van der Waals surface area contributed by atoms with E-state index < -0.39 is 16.8 Å². The van der Waals surface area contributed by atoms with Crippen molar-refractivity contribution in [1.29, 1.82) is 0 Å². The molecule has 0 amide bonds. The Hall–Kier alpha value is -3.75. The molecule has 0 atom stereocenters. The molecule has 6 aromatic carbocycles. The minimum absolute atomic E-state index is 0.322. The lowest BCUT2D eigenvalue weighted by Gasteiger charge is -2.26. The molecule has 4 bridgehead atoms. The molecular formula is C39H30O6P2S4. The molecule has 6 nitrogen and oxygen atoms in total. The number of hydrogen-bond donors (Lipinski definition) is 4. The molecular weight excluding hydrogens is 755 g/mol. The standard InChI is InChI=1S/C39H30O6P2S4/c1-39(2,23-3-7-25(8-4-23)40-46-42-27-11-17-37(50)33(19-27)34-20-28(43-46)12-18-38(34)51)24-5-9-26(10-6-24)41-47-44-35-15-13-29(48)21-31(35)32-22-30(49)14-16-36(32)45-47/h3-22,48-51H,1-2H3. The molecule has 1 aromatic heterocycles. The van der Waals surface area contributed by atoms with Crippen molar-refractivity contribution in [1.82, 2.24) is 0 Å². The van der Waals surface area contributed by atoms with Gasteiger partial charge in [-0.25, -0.2) is 0 Å². The van der Waals surface area contributed by atoms with Crippen molar-refractivity contribution >= 4 is 89.3 Å². The van der Waals surface area contributed by atoms with Crippen LogP contribution in [0.5, 0.6) is 23.0 Å². The van der Waals surface area contributed by atoms with Crippen LogP contribution in [0.4, 0.5) is 0 Å². The summed E-state index contributed by atoms with van der Waals surface area (Å²) < 4.78 is 37.4. The lowest BCUT2D eigenvalue weighted by Crippen LogP contribution is -2.18. The molecule has 0 saturated carbocycles. The second-order valence-corrected chi connectivity index (χ2v) is 16.4. The van der Waals surface area contributed by atoms with Crippen LogP contribution in [0.2, 0.25) is 0 Å². The van der Waals surface area contributed by atoms with Crippen LogP contribution < -0.4 is 18.1 Å². The van der Waals surface area contributed by atoms with Gasteiger partial charge in [-0.2, -0.15) is 0 Å². The lowest BCUT2D eigenvalue weighted by atomic mass is 9.78. The molecule has 51 heavy (non-hydrogen) atoms. The molecule has 0 N–H and O–H groups in total. The second kappa shape index (κ2) is 14.0. The normalized spacial score (nSPS) is 12.7. The van der Waals surface area contributed by atoms with Crippen molar-refractivity contribution in [3.05, 3.63) is 132 Å². The van der Waals surface area contributed by atoms with Crippen LogP contribution in [0.15, 0.2) is 149 Å². The van der Waals surface area contributed by atoms with Crippen LogP contribution in [0, 0.1) is 0 Å². The fraction of sp³-hybridized carbons (Fsp3) is 0.0769. The maximum absolute atomic E-state index is 6.27. The summed E-state index contributed by atoms with van der Waals surface area (Å²) in [6.45, 7) is 4.36. The zero-order chi connectivity index (χ0) is 35.3. The Balaban J connectivity index is 1.01. The van der Waals surface area contributed by atoms with E-state index >= 15 is 0 Å². The summed E-state index contributed by atoms with van der Waals surface area (Å²) >= 11 is 18.3. The van der Waals surface area contributed by atoms with Crippen molar-refractivity contribution in [2.45, 2.75) is 38.8 Å². The first-order chi connectivity index (χ1) is 24.6. The van der Waals surface area contributed by atoms with Gasteiger partial charge >= 0.3 is 16.8 Å². The van der Waals surface area contributed by atoms with Crippen molar-refractivity contribution in [3.8, 4) is 34.1 Å². The molecule has 0 radical (unpaired) electrons. The molecule has 0 aliphatic carbocycles. The molecule has 2 heterocycles. The van der Waals surface area contributed by atoms with Gasteiger partial charge in [-0.3, -0.25) is 0 Å². The number of benzene rings is 6. The van der Waals surface area contributed by atoms with Crippen LogP contribution >= 0.6 is 67.4 Å². The first-order valence-electron chi connectivity index (χ1n) is 15.8. The summed E-state index contributed by atoms with van der Waals surface area (Å²) in [5.41, 5.74) is 5.04. The van der Waals surface area contributed by atoms with E-state index in [1.807, 2.05) is 97.1 Å². The maximum atomic E-state index is 6.27. The van der Waals surface area contributed by atoms with E-state index in [-0.39, 0.29) is 5.41 Å². The van der Waals surface area contributed by atoms with E-state index in [4.69, 9.17) is 26.5 Å². The molecule has 12 heteroatoms. The fourth-order valence-corrected chi connectivity index (χ4v) is 8.79. The zero-order valence-corrected chi connectivity index (χ0v) is 32.5. The molecule has 0 saturated heterocycles. The third-order valence-corrected chi connectivity index (χ3v) is 12.1. The van der Waals surface area contributed by atoms with Crippen LogP contribution in [-0.4, -0.2) is 0 Å².